The maximum atomic E-state index is 12.5. The van der Waals surface area contributed by atoms with Crippen LogP contribution in [0.15, 0.2) is 16.5 Å². The molecule has 0 radical (unpaired) electrons. The molecule has 2 aromatic rings. The summed E-state index contributed by atoms with van der Waals surface area (Å²) in [6.45, 7) is 6.16. The van der Waals surface area contributed by atoms with Crippen LogP contribution >= 0.6 is 11.3 Å². The van der Waals surface area contributed by atoms with Crippen LogP contribution in [0.4, 0.5) is 0 Å². The van der Waals surface area contributed by atoms with E-state index in [1.54, 1.807) is 12.4 Å². The summed E-state index contributed by atoms with van der Waals surface area (Å²) in [5.74, 6) is -0.935. The van der Waals surface area contributed by atoms with E-state index in [1.807, 2.05) is 13.8 Å². The maximum Gasteiger partial charge on any atom is 0.347 e. The lowest BCUT2D eigenvalue weighted by Crippen LogP contribution is -2.30. The molecular weight excluding hydrogens is 318 g/mol. The van der Waals surface area contributed by atoms with Crippen molar-refractivity contribution in [3.8, 4) is 16.3 Å². The molecule has 2 heterocycles. The van der Waals surface area contributed by atoms with Crippen LogP contribution in [-0.2, 0) is 11.3 Å². The lowest BCUT2D eigenvalue weighted by molar-refractivity contribution is 0.0519. The number of nitrogens with zero attached hydrogens (tertiary/aromatic N) is 3. The van der Waals surface area contributed by atoms with E-state index in [2.05, 4.69) is 10.1 Å². The van der Waals surface area contributed by atoms with Crippen LogP contribution < -0.4 is 5.56 Å². The largest absolute Gasteiger partial charge is 0.505 e. The van der Waals surface area contributed by atoms with Gasteiger partial charge in [-0.1, -0.05) is 13.8 Å². The molecule has 0 saturated carbocycles. The Labute approximate surface area is 137 Å². The number of hydrogen-bond donors (Lipinski definition) is 1. The highest BCUT2D eigenvalue weighted by Gasteiger charge is 2.25. The number of carbonyl (C=O) groups is 1. The summed E-state index contributed by atoms with van der Waals surface area (Å²) in [5, 5.41) is 14.5. The van der Waals surface area contributed by atoms with Gasteiger partial charge in [0.15, 0.2) is 11.3 Å². The molecule has 23 heavy (non-hydrogen) atoms. The first-order valence-corrected chi connectivity index (χ1v) is 8.23. The van der Waals surface area contributed by atoms with Gasteiger partial charge in [-0.25, -0.2) is 9.48 Å². The normalized spacial score (nSPS) is 11.0. The third kappa shape index (κ3) is 3.76. The van der Waals surface area contributed by atoms with Gasteiger partial charge in [0, 0.05) is 12.7 Å². The number of esters is 1. The predicted octanol–water partition coefficient (Wildman–Crippen LogP) is 2.30. The summed E-state index contributed by atoms with van der Waals surface area (Å²) < 4.78 is 6.10. The fourth-order valence-corrected chi connectivity index (χ4v) is 2.59. The Morgan fingerprint density at radius 2 is 2.22 bits per heavy atom. The van der Waals surface area contributed by atoms with Crippen molar-refractivity contribution in [1.29, 1.82) is 0 Å². The van der Waals surface area contributed by atoms with E-state index in [0.29, 0.717) is 17.3 Å². The molecule has 0 fully saturated rings. The predicted molar refractivity (Wildman–Crippen MR) is 86.7 cm³/mol. The molecule has 0 atom stereocenters. The molecule has 0 aliphatic carbocycles. The molecule has 2 aromatic heterocycles. The highest BCUT2D eigenvalue weighted by atomic mass is 32.1. The lowest BCUT2D eigenvalue weighted by atomic mass is 10.1. The van der Waals surface area contributed by atoms with Crippen molar-refractivity contribution in [1.82, 2.24) is 14.8 Å². The fraction of sp³-hybridized carbons (Fsp3) is 0.467. The Morgan fingerprint density at radius 1 is 1.48 bits per heavy atom. The van der Waals surface area contributed by atoms with Crippen LogP contribution in [0.1, 0.15) is 37.6 Å². The SMILES string of the molecule is CCOC(=O)c1c(O)c(-c2cncs2)nn(CCC(C)C)c1=O. The van der Waals surface area contributed by atoms with Gasteiger partial charge in [-0.3, -0.25) is 9.78 Å². The van der Waals surface area contributed by atoms with E-state index in [1.165, 1.54) is 22.2 Å². The van der Waals surface area contributed by atoms with Gasteiger partial charge < -0.3 is 9.84 Å². The van der Waals surface area contributed by atoms with Crippen molar-refractivity contribution in [2.75, 3.05) is 6.61 Å². The minimum atomic E-state index is -0.846. The van der Waals surface area contributed by atoms with Crippen LogP contribution in [0, 0.1) is 5.92 Å². The number of aryl methyl sites for hydroxylation is 1. The zero-order valence-electron chi connectivity index (χ0n) is 13.3. The summed E-state index contributed by atoms with van der Waals surface area (Å²) in [6.07, 6.45) is 2.25. The monoisotopic (exact) mass is 337 g/mol. The number of aromatic nitrogens is 3. The van der Waals surface area contributed by atoms with Crippen molar-refractivity contribution in [2.45, 2.75) is 33.7 Å². The second kappa shape index (κ2) is 7.36. The minimum Gasteiger partial charge on any atom is -0.505 e. The van der Waals surface area contributed by atoms with E-state index >= 15 is 0 Å². The van der Waals surface area contributed by atoms with Crippen LogP contribution in [0.3, 0.4) is 0 Å². The first-order chi connectivity index (χ1) is 11.0. The molecule has 2 rings (SSSR count). The molecule has 1 N–H and O–H groups in total. The standard InChI is InChI=1S/C15H19N3O4S/c1-4-22-15(21)11-13(19)12(10-7-16-8-23-10)17-18(14(11)20)6-5-9(2)3/h7-9,19H,4-6H2,1-3H3. The molecular formula is C15H19N3O4S. The molecule has 0 spiro atoms. The molecule has 0 unspecified atom stereocenters. The highest BCUT2D eigenvalue weighted by Crippen LogP contribution is 2.31. The Bertz CT molecular complexity index is 738. The smallest absolute Gasteiger partial charge is 0.347 e. The second-order valence-electron chi connectivity index (χ2n) is 5.37. The van der Waals surface area contributed by atoms with Gasteiger partial charge in [-0.05, 0) is 19.3 Å². The number of ether oxygens (including phenoxy) is 1. The molecule has 7 nitrogen and oxygen atoms in total. The topological polar surface area (TPSA) is 94.3 Å². The van der Waals surface area contributed by atoms with Gasteiger partial charge in [-0.2, -0.15) is 5.10 Å². The van der Waals surface area contributed by atoms with Crippen molar-refractivity contribution >= 4 is 17.3 Å². The number of rotatable bonds is 6. The summed E-state index contributed by atoms with van der Waals surface area (Å²) in [4.78, 5) is 29.0. The van der Waals surface area contributed by atoms with Gasteiger partial charge in [0.1, 0.15) is 5.69 Å². The van der Waals surface area contributed by atoms with Crippen molar-refractivity contribution in [3.63, 3.8) is 0 Å². The zero-order valence-corrected chi connectivity index (χ0v) is 14.1. The molecule has 0 aromatic carbocycles. The van der Waals surface area contributed by atoms with E-state index < -0.39 is 17.3 Å². The van der Waals surface area contributed by atoms with Crippen LogP contribution in [0.5, 0.6) is 5.75 Å². The Hall–Kier alpha value is -2.22. The van der Waals surface area contributed by atoms with Crippen LogP contribution in [0.2, 0.25) is 0 Å². The Morgan fingerprint density at radius 3 is 2.78 bits per heavy atom. The molecule has 8 heteroatoms. The Kier molecular flexibility index (Phi) is 5.49. The van der Waals surface area contributed by atoms with E-state index in [4.69, 9.17) is 4.74 Å². The van der Waals surface area contributed by atoms with Crippen molar-refractivity contribution < 1.29 is 14.6 Å². The van der Waals surface area contributed by atoms with Crippen molar-refractivity contribution in [2.24, 2.45) is 5.92 Å². The summed E-state index contributed by atoms with van der Waals surface area (Å²) >= 11 is 1.26. The lowest BCUT2D eigenvalue weighted by Gasteiger charge is -2.12. The van der Waals surface area contributed by atoms with Gasteiger partial charge >= 0.3 is 5.97 Å². The van der Waals surface area contributed by atoms with Gasteiger partial charge in [-0.15, -0.1) is 11.3 Å². The molecule has 0 bridgehead atoms. The molecule has 0 saturated heterocycles. The first kappa shape index (κ1) is 17.1. The Balaban J connectivity index is 2.59. The van der Waals surface area contributed by atoms with E-state index in [9.17, 15) is 14.7 Å². The zero-order chi connectivity index (χ0) is 17.0. The highest BCUT2D eigenvalue weighted by molar-refractivity contribution is 7.13. The summed E-state index contributed by atoms with van der Waals surface area (Å²) in [7, 11) is 0. The van der Waals surface area contributed by atoms with Crippen molar-refractivity contribution in [3.05, 3.63) is 27.6 Å². The molecule has 0 aliphatic heterocycles. The van der Waals surface area contributed by atoms with Crippen LogP contribution in [-0.4, -0.2) is 32.4 Å². The number of thiazole rings is 1. The third-order valence-corrected chi connectivity index (χ3v) is 3.97. The van der Waals surface area contributed by atoms with E-state index in [-0.39, 0.29) is 17.9 Å². The quantitative estimate of drug-likeness (QED) is 0.813. The fourth-order valence-electron chi connectivity index (χ4n) is 1.98. The average molecular weight is 337 g/mol. The molecule has 0 amide bonds. The first-order valence-electron chi connectivity index (χ1n) is 7.35. The van der Waals surface area contributed by atoms with E-state index in [0.717, 1.165) is 6.42 Å². The summed E-state index contributed by atoms with van der Waals surface area (Å²) in [6, 6.07) is 0. The number of hydrogen-bond acceptors (Lipinski definition) is 7. The molecule has 0 aliphatic rings. The maximum absolute atomic E-state index is 12.5. The third-order valence-electron chi connectivity index (χ3n) is 3.19. The van der Waals surface area contributed by atoms with Gasteiger partial charge in [0.25, 0.3) is 5.56 Å². The number of carbonyl (C=O) groups excluding carboxylic acids is 1. The summed E-state index contributed by atoms with van der Waals surface area (Å²) in [5.41, 5.74) is 0.729. The van der Waals surface area contributed by atoms with Crippen LogP contribution in [0.25, 0.3) is 10.6 Å². The molecule has 124 valence electrons. The second-order valence-corrected chi connectivity index (χ2v) is 6.26. The van der Waals surface area contributed by atoms with Gasteiger partial charge in [0.2, 0.25) is 0 Å². The minimum absolute atomic E-state index is 0.113. The average Bonchev–Trinajstić information content (AvgIpc) is 3.00. The van der Waals surface area contributed by atoms with Gasteiger partial charge in [0.05, 0.1) is 17.0 Å². The number of aromatic hydroxyl groups is 1.